The van der Waals surface area contributed by atoms with Crippen molar-refractivity contribution in [3.05, 3.63) is 53.6 Å². The second-order valence-corrected chi connectivity index (χ2v) is 7.58. The molecule has 0 fully saturated rings. The van der Waals surface area contributed by atoms with Crippen molar-refractivity contribution in [3.63, 3.8) is 0 Å². The lowest BCUT2D eigenvalue weighted by atomic mass is 9.90. The first-order valence-corrected chi connectivity index (χ1v) is 9.72. The Morgan fingerprint density at radius 2 is 1.89 bits per heavy atom. The van der Waals surface area contributed by atoms with Crippen molar-refractivity contribution in [2.75, 3.05) is 20.1 Å². The van der Waals surface area contributed by atoms with Gasteiger partial charge < -0.3 is 15.3 Å². The first-order valence-electron chi connectivity index (χ1n) is 8.84. The average molecular weight is 396 g/mol. The zero-order valence-electron chi connectivity index (χ0n) is 15.6. The standard InChI is InChI=1S/C20H20N4O3S/c1-26-15-9-7-13(11-16(15)27-2)19-22-23-20(24(19)21)28-17-10-8-12-5-3-4-6-14(12)18(17)25/h3-7,9,11,17H,8,10,21H2,1-2H3/t17-/m0/s1. The van der Waals surface area contributed by atoms with Gasteiger partial charge in [-0.15, -0.1) is 10.2 Å². The molecule has 4 rings (SSSR count). The van der Waals surface area contributed by atoms with Crippen LogP contribution in [-0.4, -0.2) is 40.1 Å². The molecule has 2 aromatic carbocycles. The second kappa shape index (κ2) is 7.55. The van der Waals surface area contributed by atoms with Crippen LogP contribution in [0, 0.1) is 0 Å². The predicted octanol–water partition coefficient (Wildman–Crippen LogP) is 2.97. The normalized spacial score (nSPS) is 15.9. The third kappa shape index (κ3) is 3.20. The second-order valence-electron chi connectivity index (χ2n) is 6.41. The molecular formula is C20H20N4O3S. The summed E-state index contributed by atoms with van der Waals surface area (Å²) in [7, 11) is 3.15. The van der Waals surface area contributed by atoms with Gasteiger partial charge in [0.05, 0.1) is 19.5 Å². The number of Topliss-reactive ketones (excluding diaryl/α,β-unsaturated/α-hetero) is 1. The van der Waals surface area contributed by atoms with Gasteiger partial charge in [0.25, 0.3) is 0 Å². The maximum Gasteiger partial charge on any atom is 0.210 e. The molecule has 1 heterocycles. The summed E-state index contributed by atoms with van der Waals surface area (Å²) in [6.07, 6.45) is 1.61. The smallest absolute Gasteiger partial charge is 0.210 e. The van der Waals surface area contributed by atoms with Crippen molar-refractivity contribution in [3.8, 4) is 22.9 Å². The third-order valence-corrected chi connectivity index (χ3v) is 6.03. The Balaban J connectivity index is 1.59. The number of thioether (sulfide) groups is 1. The summed E-state index contributed by atoms with van der Waals surface area (Å²) < 4.78 is 12.0. The van der Waals surface area contributed by atoms with Crippen molar-refractivity contribution in [2.24, 2.45) is 0 Å². The highest BCUT2D eigenvalue weighted by Crippen LogP contribution is 2.35. The van der Waals surface area contributed by atoms with E-state index in [2.05, 4.69) is 10.2 Å². The molecule has 0 amide bonds. The van der Waals surface area contributed by atoms with Crippen molar-refractivity contribution >= 4 is 17.5 Å². The van der Waals surface area contributed by atoms with Gasteiger partial charge in [0.2, 0.25) is 5.16 Å². The molecule has 1 aromatic heterocycles. The number of benzene rings is 2. The number of aryl methyl sites for hydroxylation is 1. The van der Waals surface area contributed by atoms with Crippen LogP contribution in [0.1, 0.15) is 22.3 Å². The number of methoxy groups -OCH3 is 2. The Labute approximate surface area is 166 Å². The lowest BCUT2D eigenvalue weighted by Gasteiger charge is -2.22. The van der Waals surface area contributed by atoms with Gasteiger partial charge in [-0.05, 0) is 36.6 Å². The maximum atomic E-state index is 12.8. The van der Waals surface area contributed by atoms with E-state index in [9.17, 15) is 4.79 Å². The van der Waals surface area contributed by atoms with Crippen LogP contribution in [0.3, 0.4) is 0 Å². The number of carbonyl (C=O) groups excluding carboxylic acids is 1. The van der Waals surface area contributed by atoms with E-state index in [1.54, 1.807) is 26.4 Å². The van der Waals surface area contributed by atoms with Gasteiger partial charge >= 0.3 is 0 Å². The zero-order valence-corrected chi connectivity index (χ0v) is 16.4. The monoisotopic (exact) mass is 396 g/mol. The maximum absolute atomic E-state index is 12.8. The van der Waals surface area contributed by atoms with Crippen LogP contribution in [-0.2, 0) is 6.42 Å². The van der Waals surface area contributed by atoms with Crippen molar-refractivity contribution in [1.29, 1.82) is 0 Å². The molecule has 0 radical (unpaired) electrons. The molecule has 0 spiro atoms. The van der Waals surface area contributed by atoms with E-state index in [4.69, 9.17) is 15.3 Å². The highest BCUT2D eigenvalue weighted by atomic mass is 32.2. The number of fused-ring (bicyclic) bond motifs is 1. The summed E-state index contributed by atoms with van der Waals surface area (Å²) >= 11 is 1.35. The summed E-state index contributed by atoms with van der Waals surface area (Å²) in [5, 5.41) is 8.69. The number of ether oxygens (including phenoxy) is 2. The molecule has 0 bridgehead atoms. The largest absolute Gasteiger partial charge is 0.493 e. The number of aromatic nitrogens is 3. The number of ketones is 1. The molecule has 1 atom stereocenters. The first kappa shape index (κ1) is 18.4. The molecule has 3 aromatic rings. The molecule has 0 saturated carbocycles. The molecule has 1 aliphatic carbocycles. The van der Waals surface area contributed by atoms with Crippen molar-refractivity contribution < 1.29 is 14.3 Å². The van der Waals surface area contributed by atoms with Crippen LogP contribution < -0.4 is 15.3 Å². The Bertz CT molecular complexity index is 1030. The molecule has 0 saturated heterocycles. The molecule has 2 N–H and O–H groups in total. The van der Waals surface area contributed by atoms with Gasteiger partial charge in [-0.1, -0.05) is 36.0 Å². The fourth-order valence-corrected chi connectivity index (χ4v) is 4.35. The summed E-state index contributed by atoms with van der Waals surface area (Å²) in [6, 6.07) is 13.2. The Kier molecular flexibility index (Phi) is 4.95. The van der Waals surface area contributed by atoms with E-state index in [-0.39, 0.29) is 11.0 Å². The number of nitrogen functional groups attached to an aromatic ring is 1. The van der Waals surface area contributed by atoms with Crippen LogP contribution in [0.15, 0.2) is 47.6 Å². The highest BCUT2D eigenvalue weighted by Gasteiger charge is 2.29. The van der Waals surface area contributed by atoms with Crippen LogP contribution >= 0.6 is 11.8 Å². The lowest BCUT2D eigenvalue weighted by Crippen LogP contribution is -2.25. The molecule has 144 valence electrons. The fourth-order valence-electron chi connectivity index (χ4n) is 3.34. The number of carbonyl (C=O) groups is 1. The fraction of sp³-hybridized carbons (Fsp3) is 0.250. The quantitative estimate of drug-likeness (QED) is 0.663. The summed E-state index contributed by atoms with van der Waals surface area (Å²) in [5.41, 5.74) is 2.64. The lowest BCUT2D eigenvalue weighted by molar-refractivity contribution is 0.0979. The van der Waals surface area contributed by atoms with E-state index in [0.717, 1.165) is 29.5 Å². The van der Waals surface area contributed by atoms with E-state index in [0.29, 0.717) is 22.5 Å². The third-order valence-electron chi connectivity index (χ3n) is 4.81. The van der Waals surface area contributed by atoms with Crippen LogP contribution in [0.25, 0.3) is 11.4 Å². The van der Waals surface area contributed by atoms with Crippen molar-refractivity contribution in [1.82, 2.24) is 14.9 Å². The Morgan fingerprint density at radius 1 is 1.11 bits per heavy atom. The first-order chi connectivity index (χ1) is 13.6. The van der Waals surface area contributed by atoms with Gasteiger partial charge in [0.15, 0.2) is 23.1 Å². The molecule has 0 aliphatic heterocycles. The molecule has 1 aliphatic rings. The molecule has 7 nitrogen and oxygen atoms in total. The van der Waals surface area contributed by atoms with Gasteiger partial charge in [-0.2, -0.15) is 0 Å². The number of hydrogen-bond acceptors (Lipinski definition) is 7. The minimum Gasteiger partial charge on any atom is -0.493 e. The van der Waals surface area contributed by atoms with E-state index in [1.807, 2.05) is 30.3 Å². The minimum absolute atomic E-state index is 0.113. The zero-order chi connectivity index (χ0) is 19.7. The predicted molar refractivity (Wildman–Crippen MR) is 107 cm³/mol. The van der Waals surface area contributed by atoms with E-state index >= 15 is 0 Å². The number of hydrogen-bond donors (Lipinski definition) is 1. The molecule has 8 heteroatoms. The van der Waals surface area contributed by atoms with E-state index < -0.39 is 0 Å². The number of nitrogens with zero attached hydrogens (tertiary/aromatic N) is 3. The highest BCUT2D eigenvalue weighted by molar-refractivity contribution is 8.00. The summed E-state index contributed by atoms with van der Waals surface area (Å²) in [6.45, 7) is 0. The Hall–Kier alpha value is -3.00. The van der Waals surface area contributed by atoms with Gasteiger partial charge in [0.1, 0.15) is 0 Å². The van der Waals surface area contributed by atoms with Gasteiger partial charge in [0, 0.05) is 11.1 Å². The molecule has 28 heavy (non-hydrogen) atoms. The SMILES string of the molecule is COc1ccc(-c2nnc(S[C@H]3CCc4ccccc4C3=O)n2N)cc1OC. The molecular weight excluding hydrogens is 376 g/mol. The minimum atomic E-state index is -0.223. The number of nitrogens with two attached hydrogens (primary N) is 1. The van der Waals surface area contributed by atoms with Crippen LogP contribution in [0.2, 0.25) is 0 Å². The van der Waals surface area contributed by atoms with Crippen molar-refractivity contribution in [2.45, 2.75) is 23.2 Å². The van der Waals surface area contributed by atoms with Crippen LogP contribution in [0.4, 0.5) is 0 Å². The van der Waals surface area contributed by atoms with Crippen LogP contribution in [0.5, 0.6) is 11.5 Å². The Morgan fingerprint density at radius 3 is 2.68 bits per heavy atom. The average Bonchev–Trinajstić information content (AvgIpc) is 3.10. The topological polar surface area (TPSA) is 92.3 Å². The number of rotatable bonds is 5. The van der Waals surface area contributed by atoms with E-state index in [1.165, 1.54) is 16.4 Å². The van der Waals surface area contributed by atoms with Gasteiger partial charge in [-0.3, -0.25) is 4.79 Å². The van der Waals surface area contributed by atoms with Gasteiger partial charge in [-0.25, -0.2) is 4.68 Å². The summed E-state index contributed by atoms with van der Waals surface area (Å²) in [4.78, 5) is 12.8. The molecule has 0 unspecified atom stereocenters. The summed E-state index contributed by atoms with van der Waals surface area (Å²) in [5.74, 6) is 8.05.